The normalized spacial score (nSPS) is 24.7. The average Bonchev–Trinajstić information content (AvgIpc) is 3.18. The summed E-state index contributed by atoms with van der Waals surface area (Å²) in [5.74, 6) is -2.33. The van der Waals surface area contributed by atoms with E-state index in [2.05, 4.69) is 18.8 Å². The standard InChI is InChI=1S/C45H66N2O10/c1-12-19-37(52-28-33-20-15-13-16-21-33)35(27-48)46-26-29(2)25-45(8,51-11)40(31(4)38-32(5)41(49)57-44(6,7)56-38)55-43-39(36(47(9)10)24-30(3)53-43)54-42(50)34-22-17-14-18-23-34/h12-18,20-23,29-31,35-37,39-40,43,46,48H,1,19,24-28H2,2-11H3/t29-,30?,31+,35+,36?,37-,39?,40-,43?,45?/m1/s1. The van der Waals surface area contributed by atoms with Crippen LogP contribution >= 0.6 is 0 Å². The second-order valence-electron chi connectivity index (χ2n) is 16.4. The number of rotatable bonds is 21. The Hall–Kier alpha value is -3.62. The minimum Gasteiger partial charge on any atom is -0.456 e. The van der Waals surface area contributed by atoms with Crippen molar-refractivity contribution in [2.75, 3.05) is 34.4 Å². The molecule has 0 bridgehead atoms. The molecule has 0 amide bonds. The van der Waals surface area contributed by atoms with Crippen molar-refractivity contribution in [2.24, 2.45) is 11.8 Å². The maximum absolute atomic E-state index is 13.6. The maximum atomic E-state index is 13.6. The summed E-state index contributed by atoms with van der Waals surface area (Å²) in [6, 6.07) is 18.2. The lowest BCUT2D eigenvalue weighted by molar-refractivity contribution is -0.298. The summed E-state index contributed by atoms with van der Waals surface area (Å²) in [6.45, 7) is 17.8. The van der Waals surface area contributed by atoms with E-state index >= 15 is 0 Å². The van der Waals surface area contributed by atoms with Gasteiger partial charge in [0.05, 0.1) is 60.3 Å². The molecule has 0 aromatic heterocycles. The van der Waals surface area contributed by atoms with Gasteiger partial charge in [0.25, 0.3) is 0 Å². The van der Waals surface area contributed by atoms with Crippen molar-refractivity contribution in [3.8, 4) is 0 Å². The Kier molecular flexibility index (Phi) is 16.9. The van der Waals surface area contributed by atoms with Crippen LogP contribution in [0.4, 0.5) is 0 Å². The van der Waals surface area contributed by atoms with Gasteiger partial charge in [-0.15, -0.1) is 6.58 Å². The average molecular weight is 795 g/mol. The Morgan fingerprint density at radius 2 is 1.75 bits per heavy atom. The van der Waals surface area contributed by atoms with E-state index in [1.807, 2.05) is 76.2 Å². The van der Waals surface area contributed by atoms with Crippen molar-refractivity contribution >= 4 is 11.9 Å². The molecule has 0 spiro atoms. The second kappa shape index (κ2) is 20.9. The fourth-order valence-corrected chi connectivity index (χ4v) is 7.84. The van der Waals surface area contributed by atoms with Gasteiger partial charge in [0.1, 0.15) is 5.76 Å². The molecule has 2 N–H and O–H groups in total. The molecule has 1 fully saturated rings. The first-order valence-electron chi connectivity index (χ1n) is 20.0. The van der Waals surface area contributed by atoms with Gasteiger partial charge in [0, 0.05) is 26.9 Å². The molecule has 10 atom stereocenters. The third-order valence-electron chi connectivity index (χ3n) is 10.9. The number of carbonyl (C=O) groups is 2. The van der Waals surface area contributed by atoms with E-state index in [9.17, 15) is 14.7 Å². The molecule has 2 aromatic carbocycles. The molecule has 5 unspecified atom stereocenters. The Morgan fingerprint density at radius 3 is 2.35 bits per heavy atom. The van der Waals surface area contributed by atoms with Crippen molar-refractivity contribution in [3.05, 3.63) is 95.8 Å². The zero-order chi connectivity index (χ0) is 41.9. The number of nitrogens with one attached hydrogen (secondary N) is 1. The number of nitrogens with zero attached hydrogens (tertiary/aromatic N) is 1. The molecular formula is C45H66N2O10. The van der Waals surface area contributed by atoms with Crippen LogP contribution in [0.2, 0.25) is 0 Å². The number of methoxy groups -OCH3 is 1. The number of cyclic esters (lactones) is 1. The quantitative estimate of drug-likeness (QED) is 0.107. The third kappa shape index (κ3) is 12.4. The lowest BCUT2D eigenvalue weighted by atomic mass is 9.80. The summed E-state index contributed by atoms with van der Waals surface area (Å²) < 4.78 is 44.5. The highest BCUT2D eigenvalue weighted by Crippen LogP contribution is 2.41. The molecule has 0 saturated carbocycles. The molecule has 316 valence electrons. The first-order valence-corrected chi connectivity index (χ1v) is 20.0. The van der Waals surface area contributed by atoms with E-state index in [1.165, 1.54) is 0 Å². The summed E-state index contributed by atoms with van der Waals surface area (Å²) in [6.07, 6.45) is 0.292. The van der Waals surface area contributed by atoms with Gasteiger partial charge >= 0.3 is 11.9 Å². The third-order valence-corrected chi connectivity index (χ3v) is 10.9. The molecule has 4 rings (SSSR count). The van der Waals surface area contributed by atoms with Crippen LogP contribution in [0.5, 0.6) is 0 Å². The monoisotopic (exact) mass is 794 g/mol. The molecule has 2 aliphatic rings. The molecule has 2 aliphatic heterocycles. The van der Waals surface area contributed by atoms with Crippen molar-refractivity contribution in [2.45, 2.75) is 129 Å². The Labute approximate surface area is 339 Å². The lowest BCUT2D eigenvalue weighted by Gasteiger charge is -2.48. The number of aliphatic hydroxyl groups excluding tert-OH is 1. The van der Waals surface area contributed by atoms with Crippen molar-refractivity contribution < 1.29 is 47.9 Å². The molecule has 12 heteroatoms. The van der Waals surface area contributed by atoms with Gasteiger partial charge in [-0.1, -0.05) is 68.5 Å². The van der Waals surface area contributed by atoms with Crippen LogP contribution in [0.1, 0.15) is 83.7 Å². The van der Waals surface area contributed by atoms with Crippen LogP contribution in [0.15, 0.2) is 84.7 Å². The second-order valence-corrected chi connectivity index (χ2v) is 16.4. The Balaban J connectivity index is 1.65. The number of hydrogen-bond donors (Lipinski definition) is 2. The van der Waals surface area contributed by atoms with Gasteiger partial charge in [-0.05, 0) is 84.3 Å². The van der Waals surface area contributed by atoms with Gasteiger partial charge in [-0.2, -0.15) is 0 Å². The fraction of sp³-hybridized carbons (Fsp3) is 0.600. The summed E-state index contributed by atoms with van der Waals surface area (Å²) in [5.41, 5.74) is 0.781. The van der Waals surface area contributed by atoms with E-state index in [4.69, 9.17) is 33.2 Å². The number of likely N-dealkylation sites (N-methyl/N-ethyl adjacent to an activating group) is 1. The molecule has 1 saturated heterocycles. The first kappa shape index (κ1) is 46.1. The highest BCUT2D eigenvalue weighted by Gasteiger charge is 2.50. The van der Waals surface area contributed by atoms with Crippen LogP contribution in [0.3, 0.4) is 0 Å². The molecule has 0 aliphatic carbocycles. The summed E-state index contributed by atoms with van der Waals surface area (Å²) in [5, 5.41) is 14.0. The van der Waals surface area contributed by atoms with Gasteiger partial charge in [0.15, 0.2) is 12.4 Å². The van der Waals surface area contributed by atoms with Gasteiger partial charge < -0.3 is 48.5 Å². The van der Waals surface area contributed by atoms with E-state index in [-0.39, 0.29) is 36.8 Å². The summed E-state index contributed by atoms with van der Waals surface area (Å²) in [7, 11) is 5.53. The molecule has 57 heavy (non-hydrogen) atoms. The van der Waals surface area contributed by atoms with Gasteiger partial charge in [-0.3, -0.25) is 0 Å². The SMILES string of the molecule is C=CC[C@@H](OCc1ccccc1)[C@H](CO)NC[C@H](C)CC(C)(OC)[C@H](OC1OC(C)CC(N(C)C)C1OC(=O)c1ccccc1)[C@@H](C)C1=C(C)C(=O)OC(C)(C)O1. The Bertz CT molecular complexity index is 1620. The summed E-state index contributed by atoms with van der Waals surface area (Å²) >= 11 is 0. The number of esters is 2. The van der Waals surface area contributed by atoms with E-state index in [0.717, 1.165) is 5.56 Å². The van der Waals surface area contributed by atoms with E-state index in [1.54, 1.807) is 58.2 Å². The minimum atomic E-state index is -1.21. The maximum Gasteiger partial charge on any atom is 0.340 e. The number of ether oxygens (including phenoxy) is 7. The van der Waals surface area contributed by atoms with E-state index < -0.39 is 47.7 Å². The van der Waals surface area contributed by atoms with Crippen LogP contribution < -0.4 is 5.32 Å². The number of carbonyl (C=O) groups excluding carboxylic acids is 2. The van der Waals surface area contributed by atoms with Crippen LogP contribution in [0, 0.1) is 11.8 Å². The van der Waals surface area contributed by atoms with Gasteiger partial charge in [-0.25, -0.2) is 9.59 Å². The van der Waals surface area contributed by atoms with Crippen LogP contribution in [-0.4, -0.2) is 110 Å². The zero-order valence-electron chi connectivity index (χ0n) is 35.6. The van der Waals surface area contributed by atoms with Gasteiger partial charge in [0.2, 0.25) is 5.79 Å². The fourth-order valence-electron chi connectivity index (χ4n) is 7.84. The number of benzene rings is 2. The molecular weight excluding hydrogens is 728 g/mol. The van der Waals surface area contributed by atoms with Crippen molar-refractivity contribution in [3.63, 3.8) is 0 Å². The smallest absolute Gasteiger partial charge is 0.340 e. The lowest BCUT2D eigenvalue weighted by Crippen LogP contribution is -2.59. The van der Waals surface area contributed by atoms with Crippen LogP contribution in [0.25, 0.3) is 0 Å². The topological polar surface area (TPSA) is 134 Å². The molecule has 12 nitrogen and oxygen atoms in total. The minimum absolute atomic E-state index is 0.0167. The van der Waals surface area contributed by atoms with Crippen molar-refractivity contribution in [1.29, 1.82) is 0 Å². The predicted octanol–water partition coefficient (Wildman–Crippen LogP) is 6.43. The predicted molar refractivity (Wildman–Crippen MR) is 218 cm³/mol. The molecule has 2 heterocycles. The number of hydrogen-bond acceptors (Lipinski definition) is 12. The highest BCUT2D eigenvalue weighted by molar-refractivity contribution is 5.89. The van der Waals surface area contributed by atoms with E-state index in [0.29, 0.717) is 49.3 Å². The molecule has 2 aromatic rings. The summed E-state index contributed by atoms with van der Waals surface area (Å²) in [4.78, 5) is 28.8. The number of aliphatic hydroxyl groups is 1. The van der Waals surface area contributed by atoms with Crippen molar-refractivity contribution in [1.82, 2.24) is 10.2 Å². The first-order chi connectivity index (χ1) is 27.0. The zero-order valence-corrected chi connectivity index (χ0v) is 35.6. The van der Waals surface area contributed by atoms with Crippen LogP contribution in [-0.2, 0) is 44.6 Å². The highest BCUT2D eigenvalue weighted by atomic mass is 16.7. The molecule has 0 radical (unpaired) electrons. The Morgan fingerprint density at radius 1 is 1.11 bits per heavy atom. The largest absolute Gasteiger partial charge is 0.456 e.